The predicted molar refractivity (Wildman–Crippen MR) is 73.8 cm³/mol. The minimum Gasteiger partial charge on any atom is -0.507 e. The highest BCUT2D eigenvalue weighted by molar-refractivity contribution is 6.32. The van der Waals surface area contributed by atoms with Gasteiger partial charge in [-0.25, -0.2) is 5.10 Å². The molecular weight excluding hydrogens is 268 g/mol. The second-order valence-corrected chi connectivity index (χ2v) is 4.13. The third kappa shape index (κ3) is 2.92. The van der Waals surface area contributed by atoms with Crippen molar-refractivity contribution in [1.29, 1.82) is 0 Å². The molecule has 0 aliphatic heterocycles. The summed E-state index contributed by atoms with van der Waals surface area (Å²) in [6.45, 7) is 1.72. The zero-order valence-electron chi connectivity index (χ0n) is 10.0. The number of hydrazone groups is 1. The lowest BCUT2D eigenvalue weighted by Crippen LogP contribution is -2.10. The molecular formula is C12H11ClN4O2. The van der Waals surface area contributed by atoms with Gasteiger partial charge in [0.25, 0.3) is 5.56 Å². The van der Waals surface area contributed by atoms with E-state index in [-0.39, 0.29) is 10.8 Å². The minimum atomic E-state index is -0.498. The number of aromatic nitrogens is 2. The summed E-state index contributed by atoms with van der Waals surface area (Å²) in [5.74, 6) is 0.126. The Morgan fingerprint density at radius 1 is 1.47 bits per heavy atom. The first-order valence-electron chi connectivity index (χ1n) is 5.41. The largest absolute Gasteiger partial charge is 0.507 e. The van der Waals surface area contributed by atoms with E-state index in [4.69, 9.17) is 11.6 Å². The SMILES string of the molecule is CC(=NNc1cn[nH]c(=O)c1Cl)c1ccccc1O. The van der Waals surface area contributed by atoms with Gasteiger partial charge in [-0.05, 0) is 19.1 Å². The van der Waals surface area contributed by atoms with Crippen LogP contribution in [0.15, 0.2) is 40.4 Å². The number of halogens is 1. The summed E-state index contributed by atoms with van der Waals surface area (Å²) in [5.41, 5.74) is 3.57. The highest BCUT2D eigenvalue weighted by Gasteiger charge is 2.06. The fraction of sp³-hybridized carbons (Fsp3) is 0.0833. The van der Waals surface area contributed by atoms with E-state index < -0.39 is 5.56 Å². The van der Waals surface area contributed by atoms with Crippen LogP contribution in [0.1, 0.15) is 12.5 Å². The molecule has 0 radical (unpaired) electrons. The molecule has 0 saturated heterocycles. The summed E-state index contributed by atoms with van der Waals surface area (Å²) < 4.78 is 0. The Labute approximate surface area is 113 Å². The maximum Gasteiger partial charge on any atom is 0.285 e. The quantitative estimate of drug-likeness (QED) is 0.591. The first kappa shape index (κ1) is 13.1. The van der Waals surface area contributed by atoms with Gasteiger partial charge in [-0.2, -0.15) is 10.2 Å². The van der Waals surface area contributed by atoms with Gasteiger partial charge in [-0.15, -0.1) is 0 Å². The Bertz CT molecular complexity index is 681. The molecule has 0 unspecified atom stereocenters. The number of rotatable bonds is 3. The Balaban J connectivity index is 2.26. The molecule has 6 nitrogen and oxygen atoms in total. The van der Waals surface area contributed by atoms with Crippen molar-refractivity contribution in [3.63, 3.8) is 0 Å². The normalized spacial score (nSPS) is 11.4. The number of anilines is 1. The van der Waals surface area contributed by atoms with Crippen molar-refractivity contribution in [2.45, 2.75) is 6.92 Å². The zero-order chi connectivity index (χ0) is 13.8. The number of hydrogen-bond acceptors (Lipinski definition) is 5. The topological polar surface area (TPSA) is 90.4 Å². The molecule has 1 aromatic carbocycles. The zero-order valence-corrected chi connectivity index (χ0v) is 10.8. The van der Waals surface area contributed by atoms with Crippen LogP contribution in [0.25, 0.3) is 0 Å². The van der Waals surface area contributed by atoms with Crippen LogP contribution in [0.5, 0.6) is 5.75 Å². The Morgan fingerprint density at radius 3 is 2.95 bits per heavy atom. The third-order valence-electron chi connectivity index (χ3n) is 2.43. The molecule has 98 valence electrons. The number of aromatic hydroxyl groups is 1. The van der Waals surface area contributed by atoms with Crippen LogP contribution >= 0.6 is 11.6 Å². The summed E-state index contributed by atoms with van der Waals surface area (Å²) in [7, 11) is 0. The number of para-hydroxylation sites is 1. The maximum absolute atomic E-state index is 11.2. The fourth-order valence-corrected chi connectivity index (χ4v) is 1.58. The van der Waals surface area contributed by atoms with Crippen molar-refractivity contribution in [2.24, 2.45) is 5.10 Å². The molecule has 0 saturated carbocycles. The number of hydrogen-bond donors (Lipinski definition) is 3. The lowest BCUT2D eigenvalue weighted by molar-refractivity contribution is 0.474. The molecule has 0 aliphatic rings. The molecule has 3 N–H and O–H groups in total. The van der Waals surface area contributed by atoms with Crippen LogP contribution < -0.4 is 11.0 Å². The number of aromatic amines is 1. The summed E-state index contributed by atoms with van der Waals surface area (Å²) in [6, 6.07) is 6.80. The van der Waals surface area contributed by atoms with Gasteiger partial charge < -0.3 is 5.11 Å². The van der Waals surface area contributed by atoms with E-state index in [0.29, 0.717) is 17.0 Å². The Morgan fingerprint density at radius 2 is 2.21 bits per heavy atom. The summed E-state index contributed by atoms with van der Waals surface area (Å²) in [4.78, 5) is 11.2. The van der Waals surface area contributed by atoms with Crippen molar-refractivity contribution in [3.8, 4) is 5.75 Å². The number of phenols is 1. The molecule has 0 amide bonds. The van der Waals surface area contributed by atoms with Crippen molar-refractivity contribution in [3.05, 3.63) is 51.4 Å². The number of H-pyrrole nitrogens is 1. The highest BCUT2D eigenvalue weighted by Crippen LogP contribution is 2.18. The lowest BCUT2D eigenvalue weighted by atomic mass is 10.1. The summed E-state index contributed by atoms with van der Waals surface area (Å²) in [5, 5.41) is 19.5. The van der Waals surface area contributed by atoms with E-state index in [1.54, 1.807) is 31.2 Å². The van der Waals surface area contributed by atoms with E-state index in [1.165, 1.54) is 6.20 Å². The number of nitrogens with one attached hydrogen (secondary N) is 2. The van der Waals surface area contributed by atoms with Gasteiger partial charge in [0, 0.05) is 5.56 Å². The molecule has 0 spiro atoms. The van der Waals surface area contributed by atoms with Crippen molar-refractivity contribution in [1.82, 2.24) is 10.2 Å². The molecule has 0 aliphatic carbocycles. The van der Waals surface area contributed by atoms with Gasteiger partial charge in [0.05, 0.1) is 11.9 Å². The highest BCUT2D eigenvalue weighted by atomic mass is 35.5. The van der Waals surface area contributed by atoms with Crippen molar-refractivity contribution >= 4 is 23.0 Å². The molecule has 1 heterocycles. The monoisotopic (exact) mass is 278 g/mol. The molecule has 7 heteroatoms. The first-order valence-corrected chi connectivity index (χ1v) is 5.79. The van der Waals surface area contributed by atoms with E-state index in [1.807, 2.05) is 0 Å². The molecule has 0 atom stereocenters. The second-order valence-electron chi connectivity index (χ2n) is 3.75. The lowest BCUT2D eigenvalue weighted by Gasteiger charge is -2.05. The van der Waals surface area contributed by atoms with E-state index in [2.05, 4.69) is 20.7 Å². The molecule has 0 fully saturated rings. The van der Waals surface area contributed by atoms with Crippen LogP contribution in [0.3, 0.4) is 0 Å². The molecule has 2 aromatic rings. The van der Waals surface area contributed by atoms with Crippen LogP contribution in [0, 0.1) is 0 Å². The van der Waals surface area contributed by atoms with E-state index in [9.17, 15) is 9.90 Å². The van der Waals surface area contributed by atoms with Gasteiger partial charge in [-0.1, -0.05) is 23.7 Å². The van der Waals surface area contributed by atoms with Crippen LogP contribution in [0.4, 0.5) is 5.69 Å². The predicted octanol–water partition coefficient (Wildman–Crippen LogP) is 1.97. The number of phenolic OH excluding ortho intramolecular Hbond substituents is 1. The second kappa shape index (κ2) is 5.53. The van der Waals surface area contributed by atoms with Crippen molar-refractivity contribution < 1.29 is 5.11 Å². The molecule has 19 heavy (non-hydrogen) atoms. The maximum atomic E-state index is 11.2. The number of nitrogens with zero attached hydrogens (tertiary/aromatic N) is 2. The molecule has 0 bridgehead atoms. The van der Waals surface area contributed by atoms with Gasteiger partial charge >= 0.3 is 0 Å². The van der Waals surface area contributed by atoms with Crippen LogP contribution in [-0.4, -0.2) is 21.0 Å². The summed E-state index contributed by atoms with van der Waals surface area (Å²) >= 11 is 5.79. The van der Waals surface area contributed by atoms with Crippen molar-refractivity contribution in [2.75, 3.05) is 5.43 Å². The smallest absolute Gasteiger partial charge is 0.285 e. The molecule has 2 rings (SSSR count). The fourth-order valence-electron chi connectivity index (χ4n) is 1.45. The molecule has 1 aromatic heterocycles. The van der Waals surface area contributed by atoms with Gasteiger partial charge in [0.2, 0.25) is 0 Å². The Kier molecular flexibility index (Phi) is 3.82. The average molecular weight is 279 g/mol. The standard InChI is InChI=1S/C12H11ClN4O2/c1-7(8-4-2-3-5-10(8)18)15-16-9-6-14-17-12(19)11(9)13/h2-6,18H,1H3,(H2,16,17,19). The third-order valence-corrected chi connectivity index (χ3v) is 2.81. The van der Waals surface area contributed by atoms with E-state index >= 15 is 0 Å². The van der Waals surface area contributed by atoms with Gasteiger partial charge in [-0.3, -0.25) is 10.2 Å². The van der Waals surface area contributed by atoms with Gasteiger partial charge in [0.1, 0.15) is 16.5 Å². The minimum absolute atomic E-state index is 0.0242. The van der Waals surface area contributed by atoms with Gasteiger partial charge in [0.15, 0.2) is 0 Å². The Hall–Kier alpha value is -2.34. The van der Waals surface area contributed by atoms with Crippen LogP contribution in [-0.2, 0) is 0 Å². The summed E-state index contributed by atoms with van der Waals surface area (Å²) in [6.07, 6.45) is 1.35. The van der Waals surface area contributed by atoms with Crippen LogP contribution in [0.2, 0.25) is 5.02 Å². The first-order chi connectivity index (χ1) is 9.09. The van der Waals surface area contributed by atoms with E-state index in [0.717, 1.165) is 0 Å². The number of benzene rings is 1. The average Bonchev–Trinajstić information content (AvgIpc) is 2.40.